The van der Waals surface area contributed by atoms with Crippen LogP contribution in [0.2, 0.25) is 0 Å². The van der Waals surface area contributed by atoms with Crippen LogP contribution in [0, 0.1) is 0 Å². The summed E-state index contributed by atoms with van der Waals surface area (Å²) in [5.41, 5.74) is 1.48. The summed E-state index contributed by atoms with van der Waals surface area (Å²) >= 11 is 1.44. The summed E-state index contributed by atoms with van der Waals surface area (Å²) in [7, 11) is 0. The molecule has 1 fully saturated rings. The van der Waals surface area contributed by atoms with Gasteiger partial charge in [-0.1, -0.05) is 43.2 Å². The van der Waals surface area contributed by atoms with Crippen LogP contribution in [0.4, 0.5) is 0 Å². The van der Waals surface area contributed by atoms with Crippen molar-refractivity contribution in [1.82, 2.24) is 15.5 Å². The van der Waals surface area contributed by atoms with Crippen LogP contribution in [0.15, 0.2) is 47.2 Å². The van der Waals surface area contributed by atoms with Crippen molar-refractivity contribution in [2.24, 2.45) is 0 Å². The second kappa shape index (κ2) is 10.8. The average molecular weight is 414 g/mol. The number of nitrogens with one attached hydrogen (secondary N) is 2. The lowest BCUT2D eigenvalue weighted by Gasteiger charge is -2.32. The molecule has 2 N–H and O–H groups in total. The van der Waals surface area contributed by atoms with E-state index < -0.39 is 0 Å². The Balaban J connectivity index is 1.77. The number of carbonyl (C=O) groups excluding carboxylic acids is 3. The van der Waals surface area contributed by atoms with Gasteiger partial charge in [-0.05, 0) is 29.9 Å². The molecular formula is C22H27N3O3S. The Hall–Kier alpha value is -2.67. The third kappa shape index (κ3) is 6.15. The molecule has 0 aliphatic carbocycles. The summed E-state index contributed by atoms with van der Waals surface area (Å²) in [6.45, 7) is 1.16. The Bertz CT molecular complexity index is 808. The van der Waals surface area contributed by atoms with Crippen molar-refractivity contribution in [2.45, 2.75) is 38.1 Å². The molecule has 29 heavy (non-hydrogen) atoms. The molecule has 0 spiro atoms. The summed E-state index contributed by atoms with van der Waals surface area (Å²) in [6, 6.07) is 11.0. The van der Waals surface area contributed by atoms with E-state index >= 15 is 0 Å². The number of hydrogen-bond donors (Lipinski definition) is 2. The first-order valence-electron chi connectivity index (χ1n) is 10.1. The third-order valence-corrected chi connectivity index (χ3v) is 5.77. The first-order valence-corrected chi connectivity index (χ1v) is 11.0. The van der Waals surface area contributed by atoms with Gasteiger partial charge in [-0.2, -0.15) is 11.3 Å². The van der Waals surface area contributed by atoms with Crippen LogP contribution in [0.25, 0.3) is 0 Å². The van der Waals surface area contributed by atoms with Gasteiger partial charge in [0.2, 0.25) is 11.8 Å². The summed E-state index contributed by atoms with van der Waals surface area (Å²) < 4.78 is 0. The molecule has 1 aromatic carbocycles. The van der Waals surface area contributed by atoms with Gasteiger partial charge in [0.05, 0.1) is 19.0 Å². The van der Waals surface area contributed by atoms with Gasteiger partial charge >= 0.3 is 0 Å². The van der Waals surface area contributed by atoms with Crippen LogP contribution in [0.1, 0.15) is 54.1 Å². The van der Waals surface area contributed by atoms with E-state index in [-0.39, 0.29) is 36.7 Å². The van der Waals surface area contributed by atoms with E-state index in [2.05, 4.69) is 10.6 Å². The molecule has 1 aromatic heterocycles. The molecule has 1 aliphatic rings. The predicted octanol–water partition coefficient (Wildman–Crippen LogP) is 3.13. The molecular weight excluding hydrogens is 386 g/mol. The van der Waals surface area contributed by atoms with Gasteiger partial charge < -0.3 is 15.5 Å². The van der Waals surface area contributed by atoms with E-state index in [0.29, 0.717) is 18.7 Å². The molecule has 154 valence electrons. The lowest BCUT2D eigenvalue weighted by Crippen LogP contribution is -2.44. The lowest BCUT2D eigenvalue weighted by molar-refractivity contribution is -0.134. The Morgan fingerprint density at radius 3 is 2.66 bits per heavy atom. The number of benzene rings is 1. The van der Waals surface area contributed by atoms with E-state index in [4.69, 9.17) is 0 Å². The average Bonchev–Trinajstić information content (AvgIpc) is 3.27. The van der Waals surface area contributed by atoms with E-state index in [0.717, 1.165) is 31.2 Å². The monoisotopic (exact) mass is 413 g/mol. The third-order valence-electron chi connectivity index (χ3n) is 5.09. The number of hydrogen-bond acceptors (Lipinski definition) is 4. The van der Waals surface area contributed by atoms with Crippen LogP contribution in [-0.4, -0.2) is 42.3 Å². The molecule has 2 aromatic rings. The van der Waals surface area contributed by atoms with Gasteiger partial charge in [0.25, 0.3) is 5.91 Å². The second-order valence-electron chi connectivity index (χ2n) is 7.18. The SMILES string of the molecule is O=C1CC(c2ccccc2)N(C(=O)CNC(=O)c2ccsc2)CCCCCCN1. The van der Waals surface area contributed by atoms with Crippen LogP contribution >= 0.6 is 11.3 Å². The van der Waals surface area contributed by atoms with E-state index in [9.17, 15) is 14.4 Å². The Kier molecular flexibility index (Phi) is 7.81. The molecule has 1 atom stereocenters. The molecule has 2 heterocycles. The quantitative estimate of drug-likeness (QED) is 0.808. The number of nitrogens with zero attached hydrogens (tertiary/aromatic N) is 1. The highest BCUT2D eigenvalue weighted by atomic mass is 32.1. The van der Waals surface area contributed by atoms with Gasteiger partial charge in [-0.25, -0.2) is 0 Å². The van der Waals surface area contributed by atoms with Crippen LogP contribution in [0.3, 0.4) is 0 Å². The summed E-state index contributed by atoms with van der Waals surface area (Å²) in [6.07, 6.45) is 4.07. The molecule has 1 unspecified atom stereocenters. The number of amides is 3. The fourth-order valence-electron chi connectivity index (χ4n) is 3.53. The van der Waals surface area contributed by atoms with E-state index in [1.54, 1.807) is 16.3 Å². The Labute approximate surface area is 175 Å². The largest absolute Gasteiger partial charge is 0.356 e. The van der Waals surface area contributed by atoms with Crippen molar-refractivity contribution in [3.63, 3.8) is 0 Å². The first kappa shape index (κ1) is 21.0. The molecule has 7 heteroatoms. The molecule has 0 radical (unpaired) electrons. The highest BCUT2D eigenvalue weighted by Gasteiger charge is 2.27. The molecule has 0 bridgehead atoms. The van der Waals surface area contributed by atoms with Crippen molar-refractivity contribution in [3.05, 3.63) is 58.3 Å². The minimum atomic E-state index is -0.347. The zero-order chi connectivity index (χ0) is 20.5. The zero-order valence-corrected chi connectivity index (χ0v) is 17.2. The van der Waals surface area contributed by atoms with Crippen molar-refractivity contribution in [3.8, 4) is 0 Å². The number of thiophene rings is 1. The minimum absolute atomic E-state index is 0.0548. The molecule has 6 nitrogen and oxygen atoms in total. The maximum Gasteiger partial charge on any atom is 0.252 e. The van der Waals surface area contributed by atoms with Gasteiger partial charge in [-0.3, -0.25) is 14.4 Å². The normalized spacial score (nSPS) is 18.4. The Morgan fingerprint density at radius 2 is 1.90 bits per heavy atom. The standard InChI is InChI=1S/C22H27N3O3S/c26-20-14-19(17-8-4-3-5-9-17)25(12-7-2-1-6-11-23-20)21(27)15-24-22(28)18-10-13-29-16-18/h3-5,8-10,13,16,19H,1-2,6-7,11-12,14-15H2,(H,23,26)(H,24,28). The maximum absolute atomic E-state index is 13.1. The molecule has 0 saturated carbocycles. The van der Waals surface area contributed by atoms with Gasteiger partial charge in [-0.15, -0.1) is 0 Å². The van der Waals surface area contributed by atoms with E-state index in [1.807, 2.05) is 35.7 Å². The van der Waals surface area contributed by atoms with Crippen LogP contribution in [-0.2, 0) is 9.59 Å². The van der Waals surface area contributed by atoms with Crippen molar-refractivity contribution >= 4 is 29.1 Å². The highest BCUT2D eigenvalue weighted by molar-refractivity contribution is 7.08. The topological polar surface area (TPSA) is 78.5 Å². The predicted molar refractivity (Wildman–Crippen MR) is 114 cm³/mol. The maximum atomic E-state index is 13.1. The minimum Gasteiger partial charge on any atom is -0.356 e. The number of carbonyl (C=O) groups is 3. The van der Waals surface area contributed by atoms with Gasteiger partial charge in [0, 0.05) is 24.0 Å². The molecule has 1 aliphatic heterocycles. The fourth-order valence-corrected chi connectivity index (χ4v) is 4.16. The van der Waals surface area contributed by atoms with E-state index in [1.165, 1.54) is 11.3 Å². The van der Waals surface area contributed by atoms with Crippen molar-refractivity contribution in [1.29, 1.82) is 0 Å². The first-order chi connectivity index (χ1) is 14.1. The summed E-state index contributed by atoms with van der Waals surface area (Å²) in [5, 5.41) is 9.26. The van der Waals surface area contributed by atoms with Crippen molar-refractivity contribution < 1.29 is 14.4 Å². The molecule has 3 amide bonds. The van der Waals surface area contributed by atoms with Crippen molar-refractivity contribution in [2.75, 3.05) is 19.6 Å². The summed E-state index contributed by atoms with van der Waals surface area (Å²) in [4.78, 5) is 39.5. The van der Waals surface area contributed by atoms with Crippen LogP contribution in [0.5, 0.6) is 0 Å². The fraction of sp³-hybridized carbons (Fsp3) is 0.409. The van der Waals surface area contributed by atoms with Gasteiger partial charge in [0.15, 0.2) is 0 Å². The lowest BCUT2D eigenvalue weighted by atomic mass is 10.0. The smallest absolute Gasteiger partial charge is 0.252 e. The summed E-state index contributed by atoms with van der Waals surface area (Å²) in [5.74, 6) is -0.484. The van der Waals surface area contributed by atoms with Gasteiger partial charge in [0.1, 0.15) is 0 Å². The Morgan fingerprint density at radius 1 is 1.10 bits per heavy atom. The number of rotatable bonds is 4. The molecule has 3 rings (SSSR count). The highest BCUT2D eigenvalue weighted by Crippen LogP contribution is 2.26. The van der Waals surface area contributed by atoms with Crippen LogP contribution < -0.4 is 10.6 Å². The second-order valence-corrected chi connectivity index (χ2v) is 7.96. The zero-order valence-electron chi connectivity index (χ0n) is 16.4. The molecule has 1 saturated heterocycles.